The standard InChI is InChI=1S/C33H46N6O/c1-23-6-9-32(35-17-10-27-21-25(23)4-3-5-26(27)20-24-13-18-40-19-14-24)36-29-7-8-30-31(22-29)39(2)38-33(30)37-28-11-15-34-16-12-28/h3-5,7-8,22,24,27-28,34H,6,9-21H2,1-2H3,(H,35,36)(H,37,38). The van der Waals surface area contributed by atoms with Crippen molar-refractivity contribution < 1.29 is 4.74 Å². The Bertz CT molecular complexity index is 1310. The number of nitrogens with one attached hydrogen (secondary N) is 3. The average Bonchev–Trinajstić information content (AvgIpc) is 3.14. The van der Waals surface area contributed by atoms with Crippen LogP contribution in [0.3, 0.4) is 0 Å². The molecule has 4 aliphatic rings. The van der Waals surface area contributed by atoms with Crippen LogP contribution in [0.2, 0.25) is 0 Å². The Labute approximate surface area is 239 Å². The molecule has 40 heavy (non-hydrogen) atoms. The Morgan fingerprint density at radius 3 is 2.77 bits per heavy atom. The number of rotatable bonds is 5. The van der Waals surface area contributed by atoms with Gasteiger partial charge < -0.3 is 20.7 Å². The van der Waals surface area contributed by atoms with Crippen LogP contribution < -0.4 is 16.0 Å². The summed E-state index contributed by atoms with van der Waals surface area (Å²) in [4.78, 5) is 5.13. The van der Waals surface area contributed by atoms with Gasteiger partial charge in [0.05, 0.1) is 5.52 Å². The fraction of sp³-hybridized carbons (Fsp3) is 0.576. The number of nitrogens with zero attached hydrogens (tertiary/aromatic N) is 3. The number of aryl methyl sites for hydroxylation is 1. The van der Waals surface area contributed by atoms with E-state index in [1.807, 2.05) is 11.7 Å². The molecule has 1 aliphatic carbocycles. The molecule has 1 aromatic carbocycles. The Balaban J connectivity index is 1.16. The first-order valence-corrected chi connectivity index (χ1v) is 15.5. The molecule has 3 aliphatic heterocycles. The van der Waals surface area contributed by atoms with E-state index in [2.05, 4.69) is 59.3 Å². The Morgan fingerprint density at radius 2 is 1.93 bits per heavy atom. The van der Waals surface area contributed by atoms with Crippen molar-refractivity contribution in [3.8, 4) is 0 Å². The molecule has 2 fully saturated rings. The van der Waals surface area contributed by atoms with Gasteiger partial charge in [0, 0.05) is 50.3 Å². The van der Waals surface area contributed by atoms with Gasteiger partial charge in [0.25, 0.3) is 0 Å². The van der Waals surface area contributed by atoms with Gasteiger partial charge in [0.15, 0.2) is 5.82 Å². The van der Waals surface area contributed by atoms with Gasteiger partial charge in [-0.1, -0.05) is 29.4 Å². The van der Waals surface area contributed by atoms with Crippen molar-refractivity contribution >= 4 is 28.2 Å². The minimum atomic E-state index is 0.484. The van der Waals surface area contributed by atoms with E-state index in [9.17, 15) is 0 Å². The molecule has 6 rings (SSSR count). The predicted molar refractivity (Wildman–Crippen MR) is 166 cm³/mol. The van der Waals surface area contributed by atoms with E-state index < -0.39 is 0 Å². The molecule has 0 amide bonds. The van der Waals surface area contributed by atoms with Gasteiger partial charge in [-0.25, -0.2) is 0 Å². The fourth-order valence-corrected chi connectivity index (χ4v) is 6.78. The van der Waals surface area contributed by atoms with E-state index in [4.69, 9.17) is 14.8 Å². The smallest absolute Gasteiger partial charge is 0.156 e. The number of fused-ring (bicyclic) bond motifs is 3. The maximum atomic E-state index is 5.62. The molecule has 7 nitrogen and oxygen atoms in total. The molecule has 0 spiro atoms. The van der Waals surface area contributed by atoms with E-state index >= 15 is 0 Å². The van der Waals surface area contributed by atoms with E-state index in [0.717, 1.165) is 100 Å². The Kier molecular flexibility index (Phi) is 8.68. The molecule has 2 aromatic rings. The highest BCUT2D eigenvalue weighted by Crippen LogP contribution is 2.36. The van der Waals surface area contributed by atoms with Crippen LogP contribution in [-0.2, 0) is 11.8 Å². The lowest BCUT2D eigenvalue weighted by Gasteiger charge is -2.27. The Morgan fingerprint density at radius 1 is 1.07 bits per heavy atom. The van der Waals surface area contributed by atoms with Crippen molar-refractivity contribution in [3.05, 3.63) is 53.1 Å². The van der Waals surface area contributed by atoms with E-state index in [-0.39, 0.29) is 0 Å². The first-order chi connectivity index (χ1) is 19.6. The molecule has 1 atom stereocenters. The molecule has 1 unspecified atom stereocenters. The van der Waals surface area contributed by atoms with Crippen LogP contribution in [0, 0.1) is 11.8 Å². The predicted octanol–water partition coefficient (Wildman–Crippen LogP) is 6.37. The number of ether oxygens (including phenoxy) is 1. The number of benzene rings is 1. The summed E-state index contributed by atoms with van der Waals surface area (Å²) in [6.45, 7) is 7.16. The van der Waals surface area contributed by atoms with Crippen LogP contribution in [-0.4, -0.2) is 54.5 Å². The van der Waals surface area contributed by atoms with Gasteiger partial charge in [0.1, 0.15) is 5.84 Å². The second-order valence-corrected chi connectivity index (χ2v) is 12.2. The second-order valence-electron chi connectivity index (χ2n) is 12.2. The zero-order valence-corrected chi connectivity index (χ0v) is 24.3. The normalized spacial score (nSPS) is 23.5. The van der Waals surface area contributed by atoms with Crippen molar-refractivity contribution in [2.24, 2.45) is 23.9 Å². The van der Waals surface area contributed by atoms with Gasteiger partial charge in [-0.3, -0.25) is 9.67 Å². The van der Waals surface area contributed by atoms with Gasteiger partial charge in [-0.2, -0.15) is 5.10 Å². The Hall–Kier alpha value is -2.90. The first kappa shape index (κ1) is 27.3. The lowest BCUT2D eigenvalue weighted by molar-refractivity contribution is 0.0658. The van der Waals surface area contributed by atoms with Crippen LogP contribution in [0.1, 0.15) is 64.7 Å². The van der Waals surface area contributed by atoms with Crippen molar-refractivity contribution in [1.82, 2.24) is 15.1 Å². The third kappa shape index (κ3) is 6.52. The second kappa shape index (κ2) is 12.7. The summed E-state index contributed by atoms with van der Waals surface area (Å²) in [5.74, 6) is 3.41. The summed E-state index contributed by atoms with van der Waals surface area (Å²) in [6, 6.07) is 7.09. The maximum absolute atomic E-state index is 5.62. The van der Waals surface area contributed by atoms with E-state index in [0.29, 0.717) is 12.0 Å². The highest BCUT2D eigenvalue weighted by Gasteiger charge is 2.24. The summed E-state index contributed by atoms with van der Waals surface area (Å²) < 4.78 is 7.62. The number of piperidine rings is 1. The number of anilines is 2. The molecule has 0 radical (unpaired) electrons. The number of amidine groups is 1. The van der Waals surface area contributed by atoms with Crippen LogP contribution in [0.25, 0.3) is 10.9 Å². The highest BCUT2D eigenvalue weighted by molar-refractivity contribution is 5.99. The van der Waals surface area contributed by atoms with Crippen molar-refractivity contribution in [3.63, 3.8) is 0 Å². The third-order valence-electron chi connectivity index (χ3n) is 9.35. The summed E-state index contributed by atoms with van der Waals surface area (Å²) in [5.41, 5.74) is 6.86. The van der Waals surface area contributed by atoms with Crippen LogP contribution in [0.15, 0.2) is 58.1 Å². The number of allylic oxidation sites excluding steroid dienone is 6. The monoisotopic (exact) mass is 542 g/mol. The number of hydrogen-bond donors (Lipinski definition) is 3. The lowest BCUT2D eigenvalue weighted by atomic mass is 9.81. The minimum Gasteiger partial charge on any atom is -0.381 e. The molecular formula is C33H46N6O. The van der Waals surface area contributed by atoms with Gasteiger partial charge in [-0.15, -0.1) is 0 Å². The zero-order chi connectivity index (χ0) is 27.3. The molecule has 3 N–H and O–H groups in total. The van der Waals surface area contributed by atoms with Crippen LogP contribution in [0.4, 0.5) is 11.5 Å². The minimum absolute atomic E-state index is 0.484. The van der Waals surface area contributed by atoms with E-state index in [1.54, 1.807) is 5.57 Å². The topological polar surface area (TPSA) is 75.5 Å². The quantitative estimate of drug-likeness (QED) is 0.410. The summed E-state index contributed by atoms with van der Waals surface area (Å²) in [5, 5.41) is 16.8. The fourth-order valence-electron chi connectivity index (χ4n) is 6.78. The van der Waals surface area contributed by atoms with Crippen LogP contribution >= 0.6 is 0 Å². The molecule has 2 saturated heterocycles. The third-order valence-corrected chi connectivity index (χ3v) is 9.35. The highest BCUT2D eigenvalue weighted by atomic mass is 16.5. The SMILES string of the molecule is CC1=C2C=CC=C(CC3CCOCC3)C(CCN=C(Nc3ccc4c(NC5CCNCC5)nn(C)c4c3)CC1)C2. The molecule has 214 valence electrons. The van der Waals surface area contributed by atoms with Crippen LogP contribution in [0.5, 0.6) is 0 Å². The lowest BCUT2D eigenvalue weighted by Crippen LogP contribution is -2.35. The number of aromatic nitrogens is 2. The largest absolute Gasteiger partial charge is 0.381 e. The van der Waals surface area contributed by atoms with Gasteiger partial charge >= 0.3 is 0 Å². The van der Waals surface area contributed by atoms with E-state index in [1.165, 1.54) is 35.8 Å². The number of aliphatic imine (C=N–C) groups is 1. The summed E-state index contributed by atoms with van der Waals surface area (Å²) in [6.07, 6.45) is 17.2. The average molecular weight is 543 g/mol. The molecule has 2 bridgehead atoms. The molecule has 7 heteroatoms. The molecule has 4 heterocycles. The van der Waals surface area contributed by atoms with Crippen molar-refractivity contribution in [2.75, 3.05) is 43.5 Å². The zero-order valence-electron chi connectivity index (χ0n) is 24.3. The maximum Gasteiger partial charge on any atom is 0.156 e. The molecular weight excluding hydrogens is 496 g/mol. The van der Waals surface area contributed by atoms with Gasteiger partial charge in [0.2, 0.25) is 0 Å². The van der Waals surface area contributed by atoms with Crippen molar-refractivity contribution in [2.45, 2.75) is 70.8 Å². The summed E-state index contributed by atoms with van der Waals surface area (Å²) >= 11 is 0. The van der Waals surface area contributed by atoms with Gasteiger partial charge in [-0.05, 0) is 107 Å². The summed E-state index contributed by atoms with van der Waals surface area (Å²) in [7, 11) is 2.04. The number of hydrogen-bond acceptors (Lipinski definition) is 6. The first-order valence-electron chi connectivity index (χ1n) is 15.5. The molecule has 1 aromatic heterocycles. The van der Waals surface area contributed by atoms with Crippen molar-refractivity contribution in [1.29, 1.82) is 0 Å². The molecule has 0 saturated carbocycles.